The minimum absolute atomic E-state index is 0.0354. The molecule has 0 spiro atoms. The van der Waals surface area contributed by atoms with E-state index in [0.29, 0.717) is 31.2 Å². The molecule has 0 atom stereocenters. The molecule has 6 rings (SSSR count). The summed E-state index contributed by atoms with van der Waals surface area (Å²) in [4.78, 5) is 20.0. The summed E-state index contributed by atoms with van der Waals surface area (Å²) in [5.41, 5.74) is 2.79. The quantitative estimate of drug-likeness (QED) is 0.442. The molecule has 170 valence electrons. The van der Waals surface area contributed by atoms with Gasteiger partial charge >= 0.3 is 0 Å². The molecule has 3 heterocycles. The van der Waals surface area contributed by atoms with E-state index in [0.717, 1.165) is 33.9 Å². The van der Waals surface area contributed by atoms with Crippen LogP contribution in [0.2, 0.25) is 0 Å². The van der Waals surface area contributed by atoms with Gasteiger partial charge in [-0.1, -0.05) is 59.8 Å². The van der Waals surface area contributed by atoms with Gasteiger partial charge in [0.1, 0.15) is 17.2 Å². The number of hydrogen-bond acceptors (Lipinski definition) is 6. The van der Waals surface area contributed by atoms with Crippen molar-refractivity contribution in [1.29, 1.82) is 0 Å². The first-order chi connectivity index (χ1) is 16.7. The summed E-state index contributed by atoms with van der Waals surface area (Å²) >= 11 is 0. The van der Waals surface area contributed by atoms with Crippen molar-refractivity contribution in [2.45, 2.75) is 18.3 Å². The fraction of sp³-hybridized carbons (Fsp3) is 0.222. The highest BCUT2D eigenvalue weighted by Gasteiger charge is 2.41. The molecule has 1 saturated heterocycles. The number of amides is 1. The zero-order valence-corrected chi connectivity index (χ0v) is 18.7. The zero-order chi connectivity index (χ0) is 23.1. The molecule has 0 saturated carbocycles. The Morgan fingerprint density at radius 1 is 0.971 bits per heavy atom. The molecule has 0 aliphatic carbocycles. The average molecular weight is 453 g/mol. The molecule has 0 radical (unpaired) electrons. The summed E-state index contributed by atoms with van der Waals surface area (Å²) in [5.74, 6) is 3.15. The highest BCUT2D eigenvalue weighted by atomic mass is 16.5. The fourth-order valence-corrected chi connectivity index (χ4v) is 4.70. The second kappa shape index (κ2) is 8.33. The van der Waals surface area contributed by atoms with Crippen LogP contribution in [0.4, 0.5) is 0 Å². The number of benzene rings is 3. The molecule has 4 aromatic rings. The third kappa shape index (κ3) is 3.50. The van der Waals surface area contributed by atoms with Gasteiger partial charge in [0.2, 0.25) is 11.8 Å². The van der Waals surface area contributed by atoms with Gasteiger partial charge in [-0.25, -0.2) is 0 Å². The predicted octanol–water partition coefficient (Wildman–Crippen LogP) is 4.53. The zero-order valence-electron chi connectivity index (χ0n) is 18.7. The molecule has 1 amide bonds. The van der Waals surface area contributed by atoms with E-state index in [-0.39, 0.29) is 17.7 Å². The van der Waals surface area contributed by atoms with Gasteiger partial charge in [-0.2, -0.15) is 4.98 Å². The van der Waals surface area contributed by atoms with Gasteiger partial charge in [-0.3, -0.25) is 4.79 Å². The maximum Gasteiger partial charge on any atom is 0.234 e. The highest BCUT2D eigenvalue weighted by molar-refractivity contribution is 5.90. The number of carbonyl (C=O) groups excluding carboxylic acids is 1. The molecule has 1 aromatic heterocycles. The Kier molecular flexibility index (Phi) is 5.02. The lowest BCUT2D eigenvalue weighted by Crippen LogP contribution is -2.50. The van der Waals surface area contributed by atoms with E-state index >= 15 is 0 Å². The number of hydrogen-bond donors (Lipinski definition) is 0. The number of carbonyl (C=O) groups is 1. The molecule has 2 aliphatic heterocycles. The normalized spacial score (nSPS) is 15.1. The van der Waals surface area contributed by atoms with Crippen molar-refractivity contribution < 1.29 is 18.8 Å². The Labute approximate surface area is 196 Å². The van der Waals surface area contributed by atoms with Crippen LogP contribution in [-0.2, 0) is 11.2 Å². The van der Waals surface area contributed by atoms with E-state index in [4.69, 9.17) is 14.0 Å². The summed E-state index contributed by atoms with van der Waals surface area (Å²) in [6, 6.07) is 23.3. The lowest BCUT2D eigenvalue weighted by molar-refractivity contribution is -0.136. The van der Waals surface area contributed by atoms with Crippen molar-refractivity contribution in [2.75, 3.05) is 20.2 Å². The Morgan fingerprint density at radius 2 is 1.62 bits per heavy atom. The summed E-state index contributed by atoms with van der Waals surface area (Å²) in [6.45, 7) is 1.10. The third-order valence-corrected chi connectivity index (χ3v) is 6.49. The number of methoxy groups -OCH3 is 1. The van der Waals surface area contributed by atoms with Crippen molar-refractivity contribution in [2.24, 2.45) is 0 Å². The fourth-order valence-electron chi connectivity index (χ4n) is 4.70. The van der Waals surface area contributed by atoms with E-state index < -0.39 is 0 Å². The smallest absolute Gasteiger partial charge is 0.234 e. The Hall–Kier alpha value is -4.13. The van der Waals surface area contributed by atoms with Crippen molar-refractivity contribution in [1.82, 2.24) is 15.0 Å². The number of aromatic nitrogens is 2. The van der Waals surface area contributed by atoms with Crippen LogP contribution in [-0.4, -0.2) is 41.1 Å². The van der Waals surface area contributed by atoms with Gasteiger partial charge in [0.25, 0.3) is 0 Å². The van der Waals surface area contributed by atoms with Crippen molar-refractivity contribution in [3.8, 4) is 17.2 Å². The molecule has 3 aromatic carbocycles. The first-order valence-corrected chi connectivity index (χ1v) is 11.3. The molecule has 7 heteroatoms. The van der Waals surface area contributed by atoms with Gasteiger partial charge in [-0.05, 0) is 18.2 Å². The minimum Gasteiger partial charge on any atom is -0.496 e. The van der Waals surface area contributed by atoms with Crippen molar-refractivity contribution >= 4 is 5.91 Å². The highest BCUT2D eigenvalue weighted by Crippen LogP contribution is 2.45. The lowest BCUT2D eigenvalue weighted by Gasteiger charge is -2.40. The van der Waals surface area contributed by atoms with Crippen molar-refractivity contribution in [3.63, 3.8) is 0 Å². The van der Waals surface area contributed by atoms with E-state index in [2.05, 4.69) is 10.1 Å². The summed E-state index contributed by atoms with van der Waals surface area (Å²) in [5, 5.41) is 4.15. The second-order valence-corrected chi connectivity index (χ2v) is 8.59. The van der Waals surface area contributed by atoms with Crippen LogP contribution < -0.4 is 9.47 Å². The molecule has 2 aliphatic rings. The Morgan fingerprint density at radius 3 is 2.32 bits per heavy atom. The summed E-state index contributed by atoms with van der Waals surface area (Å²) in [6.07, 6.45) is 0.526. The van der Waals surface area contributed by atoms with E-state index in [9.17, 15) is 4.79 Å². The summed E-state index contributed by atoms with van der Waals surface area (Å²) in [7, 11) is 1.65. The predicted molar refractivity (Wildman–Crippen MR) is 124 cm³/mol. The van der Waals surface area contributed by atoms with E-state index in [1.165, 1.54) is 0 Å². The number of likely N-dealkylation sites (tertiary alicyclic amines) is 1. The number of nitrogens with zero attached hydrogens (tertiary/aromatic N) is 3. The molecule has 7 nitrogen and oxygen atoms in total. The van der Waals surface area contributed by atoms with Gasteiger partial charge < -0.3 is 18.9 Å². The topological polar surface area (TPSA) is 77.7 Å². The number of para-hydroxylation sites is 3. The van der Waals surface area contributed by atoms with Crippen LogP contribution in [0.1, 0.15) is 40.2 Å². The second-order valence-electron chi connectivity index (χ2n) is 8.59. The molecular weight excluding hydrogens is 430 g/mol. The first kappa shape index (κ1) is 20.5. The number of fused-ring (bicyclic) bond motifs is 2. The van der Waals surface area contributed by atoms with Crippen LogP contribution in [0, 0.1) is 0 Å². The minimum atomic E-state index is -0.383. The van der Waals surface area contributed by atoms with Crippen LogP contribution >= 0.6 is 0 Å². The van der Waals surface area contributed by atoms with Gasteiger partial charge in [-0.15, -0.1) is 0 Å². The van der Waals surface area contributed by atoms with Crippen LogP contribution in [0.25, 0.3) is 0 Å². The maximum atomic E-state index is 13.6. The van der Waals surface area contributed by atoms with Gasteiger partial charge in [0, 0.05) is 36.2 Å². The maximum absolute atomic E-state index is 13.6. The lowest BCUT2D eigenvalue weighted by atomic mass is 9.85. The van der Waals surface area contributed by atoms with Crippen LogP contribution in [0.15, 0.2) is 77.3 Å². The van der Waals surface area contributed by atoms with E-state index in [1.54, 1.807) is 7.11 Å². The number of ether oxygens (including phenoxy) is 2. The molecule has 0 N–H and O–H groups in total. The third-order valence-electron chi connectivity index (χ3n) is 6.49. The van der Waals surface area contributed by atoms with Crippen LogP contribution in [0.3, 0.4) is 0 Å². The first-order valence-electron chi connectivity index (χ1n) is 11.3. The van der Waals surface area contributed by atoms with E-state index in [1.807, 2.05) is 77.7 Å². The molecule has 34 heavy (non-hydrogen) atoms. The standard InChI is InChI=1S/C27H23N3O4/c1-32-21-11-5-2-8-17(21)14-24-28-26(34-29-24)18-15-30(16-18)27(31)25-19-9-3-6-12-22(19)33-23-13-7-4-10-20(23)25/h2-13,18,25H,14-16H2,1H3. The Bertz CT molecular complexity index is 1310. The van der Waals surface area contributed by atoms with Crippen LogP contribution in [0.5, 0.6) is 17.2 Å². The molecule has 1 fully saturated rings. The summed E-state index contributed by atoms with van der Waals surface area (Å²) < 4.78 is 17.0. The van der Waals surface area contributed by atoms with Gasteiger partial charge in [0.05, 0.1) is 18.9 Å². The molecule has 0 bridgehead atoms. The molecule has 0 unspecified atom stereocenters. The van der Waals surface area contributed by atoms with Crippen molar-refractivity contribution in [3.05, 3.63) is 101 Å². The SMILES string of the molecule is COc1ccccc1Cc1noc(C2CN(C(=O)C3c4ccccc4Oc4ccccc43)C2)n1. The Balaban J connectivity index is 1.17. The molecular formula is C27H23N3O4. The number of rotatable bonds is 5. The largest absolute Gasteiger partial charge is 0.496 e. The monoisotopic (exact) mass is 453 g/mol. The average Bonchev–Trinajstić information content (AvgIpc) is 3.29. The van der Waals surface area contributed by atoms with Gasteiger partial charge in [0.15, 0.2) is 5.82 Å².